The van der Waals surface area contributed by atoms with Gasteiger partial charge in [-0.1, -0.05) is 44.9 Å². The van der Waals surface area contributed by atoms with Crippen LogP contribution in [0.4, 0.5) is 8.78 Å². The van der Waals surface area contributed by atoms with Gasteiger partial charge in [-0.3, -0.25) is 9.59 Å². The molecule has 1 aromatic carbocycles. The Kier molecular flexibility index (Phi) is 13.7. The largest absolute Gasteiger partial charge is 0.507 e. The fourth-order valence-corrected chi connectivity index (χ4v) is 5.18. The molecule has 0 amide bonds. The number of nitrogens with zero attached hydrogens (tertiary/aromatic N) is 1. The Labute approximate surface area is 255 Å². The molecular formula is C31H41F2NO10. The Balaban J connectivity index is 2.59. The minimum Gasteiger partial charge on any atom is -0.507 e. The van der Waals surface area contributed by atoms with Gasteiger partial charge < -0.3 is 24.2 Å². The van der Waals surface area contributed by atoms with Gasteiger partial charge in [0, 0.05) is 30.4 Å². The fraction of sp³-hybridized carbons (Fsp3) is 0.581. The molecule has 44 heavy (non-hydrogen) atoms. The number of hydrogen-bond acceptors (Lipinski definition) is 10. The third-order valence-corrected chi connectivity index (χ3v) is 7.33. The van der Waals surface area contributed by atoms with Crippen molar-refractivity contribution in [1.29, 1.82) is 0 Å². The molecule has 11 nitrogen and oxygen atoms in total. The molecule has 2 rings (SSSR count). The second-order valence-electron chi connectivity index (χ2n) is 10.8. The van der Waals surface area contributed by atoms with E-state index in [1.807, 2.05) is 13.8 Å². The Morgan fingerprint density at radius 2 is 1.80 bits per heavy atom. The van der Waals surface area contributed by atoms with E-state index in [2.05, 4.69) is 16.2 Å². The van der Waals surface area contributed by atoms with E-state index in [1.54, 1.807) is 13.0 Å². The van der Waals surface area contributed by atoms with Crippen LogP contribution in [0.1, 0.15) is 89.7 Å². The SMILES string of the molecule is C=C(C)C1CCC(COC(C)=O)=CC1c1c(O)cc(C(F)(F)C(=O)OCCCO[N+](=O)[O-])cc1OC(=O)C(CCC)CCC. The highest BCUT2D eigenvalue weighted by Gasteiger charge is 2.45. The van der Waals surface area contributed by atoms with Gasteiger partial charge in [-0.2, -0.15) is 8.78 Å². The first-order chi connectivity index (χ1) is 20.7. The highest BCUT2D eigenvalue weighted by atomic mass is 19.3. The van der Waals surface area contributed by atoms with E-state index in [1.165, 1.54) is 6.92 Å². The van der Waals surface area contributed by atoms with Crippen LogP contribution in [0.15, 0.2) is 35.9 Å². The van der Waals surface area contributed by atoms with Crippen molar-refractivity contribution in [3.8, 4) is 11.5 Å². The Bertz CT molecular complexity index is 1240. The molecule has 1 aliphatic carbocycles. The Morgan fingerprint density at radius 3 is 2.36 bits per heavy atom. The van der Waals surface area contributed by atoms with Crippen LogP contribution in [0.5, 0.6) is 11.5 Å². The number of aromatic hydroxyl groups is 1. The quantitative estimate of drug-likeness (QED) is 0.0521. The highest BCUT2D eigenvalue weighted by Crippen LogP contribution is 2.48. The molecule has 0 aromatic heterocycles. The minimum atomic E-state index is -4.27. The number of hydrogen-bond donors (Lipinski definition) is 1. The summed E-state index contributed by atoms with van der Waals surface area (Å²) in [6.45, 7) is 9.87. The van der Waals surface area contributed by atoms with Crippen LogP contribution in [-0.4, -0.2) is 47.9 Å². The first-order valence-corrected chi connectivity index (χ1v) is 14.6. The van der Waals surface area contributed by atoms with Gasteiger partial charge in [0.05, 0.1) is 19.1 Å². The number of alkyl halides is 2. The van der Waals surface area contributed by atoms with Gasteiger partial charge in [-0.05, 0) is 56.2 Å². The van der Waals surface area contributed by atoms with Crippen LogP contribution >= 0.6 is 0 Å². The van der Waals surface area contributed by atoms with Crippen molar-refractivity contribution in [2.24, 2.45) is 11.8 Å². The van der Waals surface area contributed by atoms with Crippen molar-refractivity contribution in [2.75, 3.05) is 19.8 Å². The molecule has 2 unspecified atom stereocenters. The number of ether oxygens (including phenoxy) is 3. The van der Waals surface area contributed by atoms with Crippen molar-refractivity contribution in [1.82, 2.24) is 0 Å². The maximum atomic E-state index is 15.4. The average molecular weight is 626 g/mol. The van der Waals surface area contributed by atoms with E-state index in [-0.39, 0.29) is 30.3 Å². The molecule has 2 atom stereocenters. The molecule has 0 saturated heterocycles. The Morgan fingerprint density at radius 1 is 1.14 bits per heavy atom. The van der Waals surface area contributed by atoms with E-state index < -0.39 is 65.3 Å². The monoisotopic (exact) mass is 625 g/mol. The lowest BCUT2D eigenvalue weighted by atomic mass is 9.73. The lowest BCUT2D eigenvalue weighted by Crippen LogP contribution is -2.29. The molecule has 0 bridgehead atoms. The summed E-state index contributed by atoms with van der Waals surface area (Å²) in [4.78, 5) is 51.4. The molecule has 13 heteroatoms. The number of benzene rings is 1. The summed E-state index contributed by atoms with van der Waals surface area (Å²) in [5.41, 5.74) is 0.557. The third-order valence-electron chi connectivity index (χ3n) is 7.33. The molecule has 0 radical (unpaired) electrons. The van der Waals surface area contributed by atoms with E-state index in [4.69, 9.17) is 9.47 Å². The fourth-order valence-electron chi connectivity index (χ4n) is 5.18. The molecule has 0 heterocycles. The second-order valence-corrected chi connectivity index (χ2v) is 10.8. The first-order valence-electron chi connectivity index (χ1n) is 14.6. The maximum Gasteiger partial charge on any atom is 0.381 e. The van der Waals surface area contributed by atoms with Crippen molar-refractivity contribution >= 4 is 17.9 Å². The van der Waals surface area contributed by atoms with Gasteiger partial charge in [0.25, 0.3) is 5.09 Å². The second kappa shape index (κ2) is 16.7. The van der Waals surface area contributed by atoms with Gasteiger partial charge in [-0.15, -0.1) is 10.1 Å². The van der Waals surface area contributed by atoms with E-state index in [9.17, 15) is 29.6 Å². The number of halogens is 2. The maximum absolute atomic E-state index is 15.4. The first kappa shape index (κ1) is 36.2. The summed E-state index contributed by atoms with van der Waals surface area (Å²) in [6, 6.07) is 1.58. The molecule has 0 spiro atoms. The predicted octanol–water partition coefficient (Wildman–Crippen LogP) is 6.31. The van der Waals surface area contributed by atoms with E-state index >= 15 is 8.78 Å². The summed E-state index contributed by atoms with van der Waals surface area (Å²) < 4.78 is 46.2. The van der Waals surface area contributed by atoms with Gasteiger partial charge in [0.15, 0.2) is 0 Å². The number of allylic oxidation sites excluding steroid dienone is 2. The number of esters is 3. The Hall–Kier alpha value is -4.03. The van der Waals surface area contributed by atoms with Crippen molar-refractivity contribution in [2.45, 2.75) is 84.5 Å². The predicted molar refractivity (Wildman–Crippen MR) is 154 cm³/mol. The number of rotatable bonds is 17. The summed E-state index contributed by atoms with van der Waals surface area (Å²) in [6.07, 6.45) is 5.00. The molecule has 244 valence electrons. The van der Waals surface area contributed by atoms with Gasteiger partial charge in [0.1, 0.15) is 18.1 Å². The van der Waals surface area contributed by atoms with Gasteiger partial charge in [-0.25, -0.2) is 4.79 Å². The summed E-state index contributed by atoms with van der Waals surface area (Å²) in [5, 5.41) is 20.4. The topological polar surface area (TPSA) is 152 Å². The average Bonchev–Trinajstić information content (AvgIpc) is 2.95. The van der Waals surface area contributed by atoms with Crippen molar-refractivity contribution in [3.63, 3.8) is 0 Å². The number of carbonyl (C=O) groups excluding carboxylic acids is 3. The lowest BCUT2D eigenvalue weighted by molar-refractivity contribution is -0.757. The zero-order valence-corrected chi connectivity index (χ0v) is 25.6. The molecule has 1 aliphatic rings. The van der Waals surface area contributed by atoms with Crippen LogP contribution in [0.25, 0.3) is 0 Å². The lowest BCUT2D eigenvalue weighted by Gasteiger charge is -2.33. The summed E-state index contributed by atoms with van der Waals surface area (Å²) in [5.74, 6) is -9.83. The van der Waals surface area contributed by atoms with Crippen LogP contribution in [0.3, 0.4) is 0 Å². The van der Waals surface area contributed by atoms with E-state index in [0.717, 1.165) is 23.3 Å². The highest BCUT2D eigenvalue weighted by molar-refractivity contribution is 5.81. The van der Waals surface area contributed by atoms with Crippen LogP contribution in [0.2, 0.25) is 0 Å². The summed E-state index contributed by atoms with van der Waals surface area (Å²) in [7, 11) is 0. The molecule has 0 fully saturated rings. The summed E-state index contributed by atoms with van der Waals surface area (Å²) >= 11 is 0. The standard InChI is InChI=1S/C31H41F2NO10/c1-6-9-22(10-7-2)29(37)44-27-17-23(31(32,33)30(38)41-13-8-14-43-34(39)40)16-26(36)28(27)25-15-21(18-42-20(5)35)11-12-24(25)19(3)4/h15-17,22,24-25,36H,3,6-14,18H2,1-2,4-5H3. The zero-order chi connectivity index (χ0) is 33.0. The van der Waals surface area contributed by atoms with Crippen molar-refractivity contribution in [3.05, 3.63) is 57.2 Å². The van der Waals surface area contributed by atoms with Gasteiger partial charge in [0.2, 0.25) is 0 Å². The van der Waals surface area contributed by atoms with Gasteiger partial charge >= 0.3 is 23.8 Å². The number of phenols is 1. The number of phenolic OH excluding ortho intramolecular Hbond substituents is 1. The van der Waals surface area contributed by atoms with Crippen LogP contribution in [0, 0.1) is 22.0 Å². The van der Waals surface area contributed by atoms with Crippen LogP contribution < -0.4 is 4.74 Å². The van der Waals surface area contributed by atoms with E-state index in [0.29, 0.717) is 38.5 Å². The molecule has 1 N–H and O–H groups in total. The molecule has 0 saturated carbocycles. The van der Waals surface area contributed by atoms with Crippen molar-refractivity contribution < 1.29 is 52.4 Å². The molecular weight excluding hydrogens is 584 g/mol. The normalized spacial score (nSPS) is 16.6. The molecule has 0 aliphatic heterocycles. The molecule has 1 aromatic rings. The zero-order valence-electron chi connectivity index (χ0n) is 25.6. The minimum absolute atomic E-state index is 0.00555. The third kappa shape index (κ3) is 10.0. The smallest absolute Gasteiger partial charge is 0.381 e. The number of carbonyl (C=O) groups is 3. The van der Waals surface area contributed by atoms with Crippen LogP contribution in [-0.2, 0) is 34.6 Å².